The van der Waals surface area contributed by atoms with Gasteiger partial charge in [-0.3, -0.25) is 0 Å². The fraction of sp³-hybridized carbons (Fsp3) is 0.100. The van der Waals surface area contributed by atoms with Gasteiger partial charge in [0.1, 0.15) is 12.0 Å². The van der Waals surface area contributed by atoms with Crippen LogP contribution in [0.1, 0.15) is 12.0 Å². The summed E-state index contributed by atoms with van der Waals surface area (Å²) in [7, 11) is 0. The Balaban J connectivity index is 2.91. The molecule has 0 heterocycles. The van der Waals surface area contributed by atoms with E-state index in [0.29, 0.717) is 10.6 Å². The lowest BCUT2D eigenvalue weighted by Gasteiger charge is -1.95. The van der Waals surface area contributed by atoms with Gasteiger partial charge in [0, 0.05) is 5.56 Å². The Morgan fingerprint density at radius 3 is 2.92 bits per heavy atom. The van der Waals surface area contributed by atoms with Crippen LogP contribution in [0.2, 0.25) is 5.02 Å². The monoisotopic (exact) mass is 194 g/mol. The van der Waals surface area contributed by atoms with E-state index in [9.17, 15) is 4.79 Å². The van der Waals surface area contributed by atoms with Crippen LogP contribution in [0.5, 0.6) is 5.75 Å². The Morgan fingerprint density at radius 2 is 2.31 bits per heavy atom. The molecule has 66 valence electrons. The first-order chi connectivity index (χ1) is 6.24. The molecular weight excluding hydrogens is 188 g/mol. The van der Waals surface area contributed by atoms with Gasteiger partial charge in [0.25, 0.3) is 0 Å². The molecule has 13 heavy (non-hydrogen) atoms. The van der Waals surface area contributed by atoms with Crippen LogP contribution in [0.15, 0.2) is 18.2 Å². The van der Waals surface area contributed by atoms with Gasteiger partial charge in [-0.15, -0.1) is 0 Å². The minimum atomic E-state index is 0.103. The summed E-state index contributed by atoms with van der Waals surface area (Å²) in [5, 5.41) is 9.41. The highest BCUT2D eigenvalue weighted by Crippen LogP contribution is 2.20. The van der Waals surface area contributed by atoms with Crippen molar-refractivity contribution in [2.24, 2.45) is 0 Å². The van der Waals surface area contributed by atoms with E-state index in [4.69, 9.17) is 16.7 Å². The summed E-state index contributed by atoms with van der Waals surface area (Å²) >= 11 is 5.76. The zero-order valence-corrected chi connectivity index (χ0v) is 7.51. The normalized spacial score (nSPS) is 8.69. The minimum absolute atomic E-state index is 0.103. The van der Waals surface area contributed by atoms with Crippen LogP contribution >= 0.6 is 11.6 Å². The summed E-state index contributed by atoms with van der Waals surface area (Å²) in [5.74, 6) is 5.45. The molecule has 0 atom stereocenters. The Bertz CT molecular complexity index is 374. The number of aromatic hydroxyl groups is 1. The molecule has 0 saturated heterocycles. The van der Waals surface area contributed by atoms with Gasteiger partial charge in [-0.1, -0.05) is 23.4 Å². The number of carbonyl (C=O) groups is 1. The zero-order valence-electron chi connectivity index (χ0n) is 6.75. The summed E-state index contributed by atoms with van der Waals surface area (Å²) < 4.78 is 0. The van der Waals surface area contributed by atoms with Crippen molar-refractivity contribution >= 4 is 17.9 Å². The number of hydrogen-bond donors (Lipinski definition) is 1. The van der Waals surface area contributed by atoms with Crippen molar-refractivity contribution in [3.05, 3.63) is 28.8 Å². The Kier molecular flexibility index (Phi) is 3.36. The number of phenolic OH excluding ortho intramolecular Hbond substituents is 1. The molecule has 1 N–H and O–H groups in total. The Hall–Kier alpha value is -1.46. The molecule has 0 aromatic heterocycles. The average molecular weight is 195 g/mol. The molecule has 0 aliphatic rings. The third-order valence-electron chi connectivity index (χ3n) is 1.36. The lowest BCUT2D eigenvalue weighted by atomic mass is 10.2. The van der Waals surface area contributed by atoms with Gasteiger partial charge < -0.3 is 9.90 Å². The molecule has 0 unspecified atom stereocenters. The average Bonchev–Trinajstić information content (AvgIpc) is 2.09. The van der Waals surface area contributed by atoms with E-state index in [1.807, 2.05) is 0 Å². The molecule has 1 aromatic carbocycles. The van der Waals surface area contributed by atoms with E-state index < -0.39 is 0 Å². The SMILES string of the molecule is O=CCC#Cc1ccc(O)cc1Cl. The Labute approximate surface area is 81.1 Å². The van der Waals surface area contributed by atoms with Gasteiger partial charge in [-0.2, -0.15) is 0 Å². The van der Waals surface area contributed by atoms with Crippen molar-refractivity contribution < 1.29 is 9.90 Å². The highest BCUT2D eigenvalue weighted by Gasteiger charge is 1.96. The molecular formula is C10H7ClO2. The van der Waals surface area contributed by atoms with E-state index >= 15 is 0 Å². The molecule has 2 nitrogen and oxygen atoms in total. The van der Waals surface area contributed by atoms with Gasteiger partial charge in [0.2, 0.25) is 0 Å². The highest BCUT2D eigenvalue weighted by atomic mass is 35.5. The zero-order chi connectivity index (χ0) is 9.68. The topological polar surface area (TPSA) is 37.3 Å². The molecule has 0 aliphatic carbocycles. The predicted molar refractivity (Wildman–Crippen MR) is 50.7 cm³/mol. The first kappa shape index (κ1) is 9.63. The fourth-order valence-corrected chi connectivity index (χ4v) is 1.02. The Morgan fingerprint density at radius 1 is 1.54 bits per heavy atom. The largest absolute Gasteiger partial charge is 0.508 e. The molecule has 0 bridgehead atoms. The van der Waals surface area contributed by atoms with Crippen LogP contribution < -0.4 is 0 Å². The second-order valence-corrected chi connectivity index (χ2v) is 2.74. The van der Waals surface area contributed by atoms with Crippen molar-refractivity contribution in [2.75, 3.05) is 0 Å². The van der Waals surface area contributed by atoms with Crippen molar-refractivity contribution in [2.45, 2.75) is 6.42 Å². The fourth-order valence-electron chi connectivity index (χ4n) is 0.793. The van der Waals surface area contributed by atoms with Gasteiger partial charge in [-0.25, -0.2) is 0 Å². The summed E-state index contributed by atoms with van der Waals surface area (Å²) in [6.07, 6.45) is 0.915. The van der Waals surface area contributed by atoms with Crippen molar-refractivity contribution in [3.63, 3.8) is 0 Å². The smallest absolute Gasteiger partial charge is 0.131 e. The van der Waals surface area contributed by atoms with Crippen LogP contribution in [0, 0.1) is 11.8 Å². The second kappa shape index (κ2) is 4.54. The number of aldehydes is 1. The van der Waals surface area contributed by atoms with Crippen molar-refractivity contribution in [1.29, 1.82) is 0 Å². The van der Waals surface area contributed by atoms with E-state index in [1.165, 1.54) is 12.1 Å². The minimum Gasteiger partial charge on any atom is -0.508 e. The van der Waals surface area contributed by atoms with E-state index in [-0.39, 0.29) is 12.2 Å². The van der Waals surface area contributed by atoms with Crippen LogP contribution in [-0.4, -0.2) is 11.4 Å². The maximum atomic E-state index is 9.96. The van der Waals surface area contributed by atoms with E-state index in [2.05, 4.69) is 11.8 Å². The third kappa shape index (κ3) is 2.81. The lowest BCUT2D eigenvalue weighted by molar-refractivity contribution is -0.107. The molecule has 1 aromatic rings. The quantitative estimate of drug-likeness (QED) is 0.548. The summed E-state index contributed by atoms with van der Waals surface area (Å²) in [5.41, 5.74) is 0.612. The maximum absolute atomic E-state index is 9.96. The standard InChI is InChI=1S/C10H7ClO2/c11-10-7-9(13)5-4-8(10)3-1-2-6-12/h4-7,13H,2H2. The van der Waals surface area contributed by atoms with Gasteiger partial charge >= 0.3 is 0 Å². The van der Waals surface area contributed by atoms with E-state index in [0.717, 1.165) is 6.29 Å². The van der Waals surface area contributed by atoms with Gasteiger partial charge in [0.05, 0.1) is 11.4 Å². The number of hydrogen-bond acceptors (Lipinski definition) is 2. The number of benzene rings is 1. The molecule has 0 amide bonds. The molecule has 0 fully saturated rings. The molecule has 0 radical (unpaired) electrons. The molecule has 0 spiro atoms. The third-order valence-corrected chi connectivity index (χ3v) is 1.67. The van der Waals surface area contributed by atoms with E-state index in [1.54, 1.807) is 6.07 Å². The van der Waals surface area contributed by atoms with Crippen molar-refractivity contribution in [3.8, 4) is 17.6 Å². The molecule has 1 rings (SSSR count). The van der Waals surface area contributed by atoms with Crippen LogP contribution in [0.25, 0.3) is 0 Å². The van der Waals surface area contributed by atoms with Crippen LogP contribution in [0.3, 0.4) is 0 Å². The lowest BCUT2D eigenvalue weighted by Crippen LogP contribution is -1.76. The van der Waals surface area contributed by atoms with Crippen molar-refractivity contribution in [1.82, 2.24) is 0 Å². The second-order valence-electron chi connectivity index (χ2n) is 2.34. The number of rotatable bonds is 1. The maximum Gasteiger partial charge on any atom is 0.131 e. The summed E-state index contributed by atoms with van der Waals surface area (Å²) in [6, 6.07) is 4.51. The van der Waals surface area contributed by atoms with Crippen LogP contribution in [0.4, 0.5) is 0 Å². The number of carbonyl (C=O) groups excluding carboxylic acids is 1. The highest BCUT2D eigenvalue weighted by molar-refractivity contribution is 6.31. The molecule has 3 heteroatoms. The molecule has 0 aliphatic heterocycles. The predicted octanol–water partition coefficient (Wildman–Crippen LogP) is 1.99. The van der Waals surface area contributed by atoms with Gasteiger partial charge in [0.15, 0.2) is 0 Å². The molecule has 0 saturated carbocycles. The number of halogens is 1. The summed E-state index contributed by atoms with van der Waals surface area (Å²) in [6.45, 7) is 0. The summed E-state index contributed by atoms with van der Waals surface area (Å²) in [4.78, 5) is 9.96. The van der Waals surface area contributed by atoms with Crippen LogP contribution in [-0.2, 0) is 4.79 Å². The number of phenols is 1. The first-order valence-corrected chi connectivity index (χ1v) is 4.03. The van der Waals surface area contributed by atoms with Gasteiger partial charge in [-0.05, 0) is 18.2 Å². The first-order valence-electron chi connectivity index (χ1n) is 3.65.